The number of carbonyl (C=O) groups is 1. The molecule has 0 aliphatic carbocycles. The molecule has 1 aromatic heterocycles. The number of benzene rings is 1. The van der Waals surface area contributed by atoms with E-state index < -0.39 is 5.97 Å². The Balaban J connectivity index is 1.93. The highest BCUT2D eigenvalue weighted by Crippen LogP contribution is 2.40. The van der Waals surface area contributed by atoms with Gasteiger partial charge in [-0.15, -0.1) is 11.3 Å². The minimum absolute atomic E-state index is 0.0146. The van der Waals surface area contributed by atoms with Crippen molar-refractivity contribution in [2.24, 2.45) is 5.92 Å². The van der Waals surface area contributed by atoms with Crippen LogP contribution in [0, 0.1) is 5.92 Å². The van der Waals surface area contributed by atoms with Crippen molar-refractivity contribution in [1.82, 2.24) is 4.90 Å². The van der Waals surface area contributed by atoms with E-state index >= 15 is 0 Å². The fraction of sp³-hybridized carbons (Fsp3) is 0.353. The molecule has 1 atom stereocenters. The van der Waals surface area contributed by atoms with Crippen molar-refractivity contribution < 1.29 is 9.90 Å². The van der Waals surface area contributed by atoms with Crippen LogP contribution in [-0.2, 0) is 4.79 Å². The van der Waals surface area contributed by atoms with Crippen LogP contribution in [0.5, 0.6) is 0 Å². The summed E-state index contributed by atoms with van der Waals surface area (Å²) in [5, 5.41) is 10.5. The van der Waals surface area contributed by atoms with Gasteiger partial charge in [0.15, 0.2) is 0 Å². The largest absolute Gasteiger partial charge is 0.481 e. The van der Waals surface area contributed by atoms with E-state index in [2.05, 4.69) is 26.9 Å². The van der Waals surface area contributed by atoms with Crippen molar-refractivity contribution in [3.05, 3.63) is 54.6 Å². The summed E-state index contributed by atoms with van der Waals surface area (Å²) >= 11 is 17.7. The van der Waals surface area contributed by atoms with Gasteiger partial charge in [0.2, 0.25) is 0 Å². The van der Waals surface area contributed by atoms with Crippen LogP contribution in [0.1, 0.15) is 29.3 Å². The smallest absolute Gasteiger partial charge is 0.306 e. The lowest BCUT2D eigenvalue weighted by Gasteiger charge is -2.36. The Morgan fingerprint density at radius 1 is 1.25 bits per heavy atom. The average Bonchev–Trinajstić information content (AvgIpc) is 2.96. The second-order valence-corrected chi connectivity index (χ2v) is 9.20. The van der Waals surface area contributed by atoms with Crippen LogP contribution >= 0.6 is 50.5 Å². The Bertz CT molecular complexity index is 744. The number of rotatable bonds is 4. The van der Waals surface area contributed by atoms with Gasteiger partial charge >= 0.3 is 5.97 Å². The van der Waals surface area contributed by atoms with Crippen LogP contribution in [0.2, 0.25) is 10.0 Å². The molecular weight excluding hydrogens is 433 g/mol. The third-order valence-corrected chi connectivity index (χ3v) is 6.60. The molecule has 1 fully saturated rings. The average molecular weight is 449 g/mol. The van der Waals surface area contributed by atoms with Gasteiger partial charge in [-0.2, -0.15) is 0 Å². The Labute approximate surface area is 163 Å². The van der Waals surface area contributed by atoms with Crippen LogP contribution < -0.4 is 0 Å². The van der Waals surface area contributed by atoms with Gasteiger partial charge in [0.05, 0.1) is 15.7 Å². The maximum Gasteiger partial charge on any atom is 0.306 e. The molecule has 24 heavy (non-hydrogen) atoms. The van der Waals surface area contributed by atoms with Crippen molar-refractivity contribution >= 4 is 56.4 Å². The predicted molar refractivity (Wildman–Crippen MR) is 102 cm³/mol. The molecule has 1 unspecified atom stereocenters. The summed E-state index contributed by atoms with van der Waals surface area (Å²) in [6.07, 6.45) is 1.31. The van der Waals surface area contributed by atoms with Gasteiger partial charge < -0.3 is 5.11 Å². The first kappa shape index (κ1) is 18.2. The molecule has 1 N–H and O–H groups in total. The minimum atomic E-state index is -0.699. The zero-order valence-electron chi connectivity index (χ0n) is 12.7. The van der Waals surface area contributed by atoms with Crippen LogP contribution in [-0.4, -0.2) is 29.1 Å². The lowest BCUT2D eigenvalue weighted by atomic mass is 9.94. The highest BCUT2D eigenvalue weighted by Gasteiger charge is 2.31. The first-order valence-electron chi connectivity index (χ1n) is 7.62. The van der Waals surface area contributed by atoms with E-state index in [1.165, 1.54) is 4.88 Å². The topological polar surface area (TPSA) is 40.5 Å². The van der Waals surface area contributed by atoms with E-state index in [9.17, 15) is 9.90 Å². The molecule has 0 radical (unpaired) electrons. The number of halogens is 3. The van der Waals surface area contributed by atoms with E-state index in [1.807, 2.05) is 18.2 Å². The molecular formula is C17H16BrCl2NO2S. The second kappa shape index (κ2) is 7.75. The number of nitrogens with zero attached hydrogens (tertiary/aromatic N) is 1. The highest BCUT2D eigenvalue weighted by molar-refractivity contribution is 9.11. The van der Waals surface area contributed by atoms with Gasteiger partial charge in [-0.05, 0) is 71.7 Å². The third kappa shape index (κ3) is 3.97. The molecule has 1 aliphatic rings. The maximum absolute atomic E-state index is 11.2. The summed E-state index contributed by atoms with van der Waals surface area (Å²) in [6, 6.07) is 9.71. The highest BCUT2D eigenvalue weighted by atomic mass is 79.9. The van der Waals surface area contributed by atoms with Crippen molar-refractivity contribution in [2.75, 3.05) is 13.1 Å². The van der Waals surface area contributed by atoms with Gasteiger partial charge in [-0.1, -0.05) is 29.3 Å². The predicted octanol–water partition coefficient (Wildman–Crippen LogP) is 5.70. The van der Waals surface area contributed by atoms with Gasteiger partial charge in [-0.3, -0.25) is 9.69 Å². The first-order chi connectivity index (χ1) is 11.5. The van der Waals surface area contributed by atoms with Crippen LogP contribution in [0.15, 0.2) is 34.1 Å². The molecule has 3 nitrogen and oxygen atoms in total. The summed E-state index contributed by atoms with van der Waals surface area (Å²) in [5.74, 6) is -0.952. The lowest BCUT2D eigenvalue weighted by molar-refractivity contribution is -0.143. The standard InChI is InChI=1S/C17H16BrCl2NO2S/c18-15-4-3-14(24-15)16(12-2-1-11(19)9-13(12)20)21-7-5-10(6-8-21)17(22)23/h1-4,9-10,16H,5-8H2,(H,22,23). The molecule has 1 aliphatic heterocycles. The van der Waals surface area contributed by atoms with E-state index in [-0.39, 0.29) is 12.0 Å². The molecule has 0 spiro atoms. The molecule has 2 heterocycles. The zero-order valence-corrected chi connectivity index (χ0v) is 16.6. The lowest BCUT2D eigenvalue weighted by Crippen LogP contribution is -2.39. The minimum Gasteiger partial charge on any atom is -0.481 e. The van der Waals surface area contributed by atoms with Crippen molar-refractivity contribution in [3.63, 3.8) is 0 Å². The van der Waals surface area contributed by atoms with E-state index in [0.29, 0.717) is 22.9 Å². The monoisotopic (exact) mass is 447 g/mol. The maximum atomic E-state index is 11.2. The summed E-state index contributed by atoms with van der Waals surface area (Å²) in [6.45, 7) is 1.46. The number of carboxylic acid groups (broad SMARTS) is 1. The number of hydrogen-bond donors (Lipinski definition) is 1. The van der Waals surface area contributed by atoms with Gasteiger partial charge in [0.25, 0.3) is 0 Å². The number of hydrogen-bond acceptors (Lipinski definition) is 3. The Morgan fingerprint density at radius 2 is 1.96 bits per heavy atom. The van der Waals surface area contributed by atoms with Gasteiger partial charge in [0, 0.05) is 14.9 Å². The molecule has 0 amide bonds. The van der Waals surface area contributed by atoms with Crippen LogP contribution in [0.25, 0.3) is 0 Å². The number of likely N-dealkylation sites (tertiary alicyclic amines) is 1. The Hall–Kier alpha value is -0.590. The molecule has 0 bridgehead atoms. The van der Waals surface area contributed by atoms with Crippen molar-refractivity contribution in [1.29, 1.82) is 0 Å². The summed E-state index contributed by atoms with van der Waals surface area (Å²) in [5.41, 5.74) is 1.00. The number of thiophene rings is 1. The molecule has 7 heteroatoms. The SMILES string of the molecule is O=C(O)C1CCN(C(c2ccc(Br)s2)c2ccc(Cl)cc2Cl)CC1. The first-order valence-corrected chi connectivity index (χ1v) is 9.99. The fourth-order valence-electron chi connectivity index (χ4n) is 3.13. The van der Waals surface area contributed by atoms with E-state index in [0.717, 1.165) is 22.4 Å². The molecule has 1 saturated heterocycles. The van der Waals surface area contributed by atoms with Gasteiger partial charge in [0.1, 0.15) is 0 Å². The van der Waals surface area contributed by atoms with Crippen LogP contribution in [0.4, 0.5) is 0 Å². The normalized spacial score (nSPS) is 17.8. The summed E-state index contributed by atoms with van der Waals surface area (Å²) < 4.78 is 1.06. The Morgan fingerprint density at radius 3 is 2.50 bits per heavy atom. The van der Waals surface area contributed by atoms with E-state index in [4.69, 9.17) is 23.2 Å². The van der Waals surface area contributed by atoms with Gasteiger partial charge in [-0.25, -0.2) is 0 Å². The number of piperidine rings is 1. The quantitative estimate of drug-likeness (QED) is 0.651. The molecule has 2 aromatic rings. The molecule has 1 aromatic carbocycles. The third-order valence-electron chi connectivity index (χ3n) is 4.36. The summed E-state index contributed by atoms with van der Waals surface area (Å²) in [7, 11) is 0. The second-order valence-electron chi connectivity index (χ2n) is 5.86. The van der Waals surface area contributed by atoms with Crippen molar-refractivity contribution in [3.8, 4) is 0 Å². The Kier molecular flexibility index (Phi) is 5.88. The number of carboxylic acids is 1. The number of aliphatic carboxylic acids is 1. The van der Waals surface area contributed by atoms with Crippen LogP contribution in [0.3, 0.4) is 0 Å². The molecule has 128 valence electrons. The molecule has 0 saturated carbocycles. The van der Waals surface area contributed by atoms with E-state index in [1.54, 1.807) is 17.4 Å². The fourth-order valence-corrected chi connectivity index (χ4v) is 5.22. The zero-order chi connectivity index (χ0) is 17.3. The van der Waals surface area contributed by atoms with Crippen molar-refractivity contribution in [2.45, 2.75) is 18.9 Å². The summed E-state index contributed by atoms with van der Waals surface area (Å²) in [4.78, 5) is 14.7. The molecule has 3 rings (SSSR count).